The summed E-state index contributed by atoms with van der Waals surface area (Å²) in [6.45, 7) is 7.70. The third-order valence-corrected chi connectivity index (χ3v) is 5.37. The molecule has 0 fully saturated rings. The highest BCUT2D eigenvalue weighted by atomic mass is 32.2. The highest BCUT2D eigenvalue weighted by molar-refractivity contribution is 7.90. The third kappa shape index (κ3) is 3.10. The molecule has 0 atom stereocenters. The Morgan fingerprint density at radius 1 is 0.800 bits per heavy atom. The molecule has 2 nitrogen and oxygen atoms in total. The van der Waals surface area contributed by atoms with Crippen LogP contribution in [0.5, 0.6) is 0 Å². The molecule has 2 rings (SSSR count). The van der Waals surface area contributed by atoms with Crippen LogP contribution in [-0.2, 0) is 15.6 Å². The number of hydrogen-bond donors (Lipinski definition) is 0. The molecule has 0 saturated heterocycles. The summed E-state index contributed by atoms with van der Waals surface area (Å²) in [6.07, 6.45) is 0. The lowest BCUT2D eigenvalue weighted by atomic mass is 10.1. The van der Waals surface area contributed by atoms with Crippen molar-refractivity contribution < 1.29 is 8.42 Å². The first-order valence-corrected chi connectivity index (χ1v) is 8.31. The van der Waals surface area contributed by atoms with Crippen molar-refractivity contribution >= 4 is 9.84 Å². The second-order valence-electron chi connectivity index (χ2n) is 5.47. The summed E-state index contributed by atoms with van der Waals surface area (Å²) >= 11 is 0. The van der Waals surface area contributed by atoms with Crippen LogP contribution in [0.2, 0.25) is 0 Å². The number of rotatable bonds is 3. The van der Waals surface area contributed by atoms with Crippen LogP contribution in [0.15, 0.2) is 41.3 Å². The van der Waals surface area contributed by atoms with Gasteiger partial charge in [0.05, 0.1) is 10.6 Å². The first-order valence-electron chi connectivity index (χ1n) is 6.66. The zero-order chi connectivity index (χ0) is 14.9. The summed E-state index contributed by atoms with van der Waals surface area (Å²) in [5.41, 5.74) is 4.71. The van der Waals surface area contributed by atoms with E-state index in [2.05, 4.69) is 0 Å². The lowest BCUT2D eigenvalue weighted by molar-refractivity contribution is 0.594. The van der Waals surface area contributed by atoms with Gasteiger partial charge in [0.15, 0.2) is 9.84 Å². The van der Waals surface area contributed by atoms with E-state index in [0.717, 1.165) is 27.8 Å². The maximum Gasteiger partial charge on any atom is 0.183 e. The molecule has 2 aromatic rings. The van der Waals surface area contributed by atoms with Gasteiger partial charge in [-0.25, -0.2) is 8.42 Å². The summed E-state index contributed by atoms with van der Waals surface area (Å²) in [6, 6.07) is 11.5. The fourth-order valence-electron chi connectivity index (χ4n) is 2.63. The normalized spacial score (nSPS) is 11.6. The topological polar surface area (TPSA) is 34.1 Å². The average Bonchev–Trinajstić information content (AvgIpc) is 2.30. The highest BCUT2D eigenvalue weighted by Crippen LogP contribution is 2.25. The summed E-state index contributed by atoms with van der Waals surface area (Å²) < 4.78 is 25.3. The van der Waals surface area contributed by atoms with E-state index in [9.17, 15) is 8.42 Å². The minimum Gasteiger partial charge on any atom is -0.223 e. The van der Waals surface area contributed by atoms with Gasteiger partial charge < -0.3 is 0 Å². The first kappa shape index (κ1) is 14.8. The van der Waals surface area contributed by atoms with Gasteiger partial charge in [-0.1, -0.05) is 47.5 Å². The van der Waals surface area contributed by atoms with Gasteiger partial charge in [0, 0.05) is 0 Å². The molecule has 3 heteroatoms. The molecule has 2 aromatic carbocycles. The van der Waals surface area contributed by atoms with Crippen LogP contribution in [0.1, 0.15) is 27.8 Å². The molecular weight excluding hydrogens is 268 g/mol. The van der Waals surface area contributed by atoms with Gasteiger partial charge >= 0.3 is 0 Å². The molecule has 0 amide bonds. The Morgan fingerprint density at radius 2 is 1.30 bits per heavy atom. The van der Waals surface area contributed by atoms with Gasteiger partial charge in [0.25, 0.3) is 0 Å². The van der Waals surface area contributed by atoms with Crippen molar-refractivity contribution in [3.63, 3.8) is 0 Å². The molecule has 0 spiro atoms. The van der Waals surface area contributed by atoms with E-state index >= 15 is 0 Å². The van der Waals surface area contributed by atoms with E-state index < -0.39 is 9.84 Å². The van der Waals surface area contributed by atoms with Crippen LogP contribution in [0.3, 0.4) is 0 Å². The van der Waals surface area contributed by atoms with Crippen molar-refractivity contribution in [2.75, 3.05) is 0 Å². The maximum atomic E-state index is 12.6. The van der Waals surface area contributed by atoms with Gasteiger partial charge in [0.1, 0.15) is 0 Å². The summed E-state index contributed by atoms with van der Waals surface area (Å²) in [4.78, 5) is 0.476. The molecule has 0 aliphatic heterocycles. The van der Waals surface area contributed by atoms with E-state index in [1.54, 1.807) is 0 Å². The molecule has 106 valence electrons. The van der Waals surface area contributed by atoms with Gasteiger partial charge in [-0.05, 0) is 44.4 Å². The Morgan fingerprint density at radius 3 is 1.80 bits per heavy atom. The van der Waals surface area contributed by atoms with Crippen LogP contribution in [0.25, 0.3) is 0 Å². The van der Waals surface area contributed by atoms with Gasteiger partial charge in [-0.3, -0.25) is 0 Å². The molecule has 0 aliphatic rings. The molecule has 0 radical (unpaired) electrons. The summed E-state index contributed by atoms with van der Waals surface area (Å²) in [5.74, 6) is 0.0536. The number of aryl methyl sites for hydroxylation is 4. The molecular formula is C17H20O2S. The van der Waals surface area contributed by atoms with E-state index in [4.69, 9.17) is 0 Å². The van der Waals surface area contributed by atoms with Crippen LogP contribution in [-0.4, -0.2) is 8.42 Å². The van der Waals surface area contributed by atoms with E-state index in [1.165, 1.54) is 0 Å². The minimum absolute atomic E-state index is 0.0536. The molecule has 0 N–H and O–H groups in total. The second-order valence-corrected chi connectivity index (χ2v) is 7.40. The molecule has 0 bridgehead atoms. The maximum absolute atomic E-state index is 12.6. The van der Waals surface area contributed by atoms with Crippen molar-refractivity contribution in [2.24, 2.45) is 0 Å². The number of sulfone groups is 1. The van der Waals surface area contributed by atoms with E-state index in [-0.39, 0.29) is 5.75 Å². The predicted molar refractivity (Wildman–Crippen MR) is 82.7 cm³/mol. The average molecular weight is 288 g/mol. The van der Waals surface area contributed by atoms with E-state index in [1.807, 2.05) is 64.1 Å². The summed E-state index contributed by atoms with van der Waals surface area (Å²) in [5, 5.41) is 0. The molecule has 0 heterocycles. The minimum atomic E-state index is -3.30. The van der Waals surface area contributed by atoms with Gasteiger partial charge in [0.2, 0.25) is 0 Å². The van der Waals surface area contributed by atoms with Gasteiger partial charge in [-0.2, -0.15) is 0 Å². The SMILES string of the molecule is Cc1ccc(CS(=O)(=O)c2c(C)cc(C)cc2C)cc1. The van der Waals surface area contributed by atoms with E-state index in [0.29, 0.717) is 4.90 Å². The quantitative estimate of drug-likeness (QED) is 0.858. The molecule has 20 heavy (non-hydrogen) atoms. The Balaban J connectivity index is 2.43. The van der Waals surface area contributed by atoms with Crippen LogP contribution in [0.4, 0.5) is 0 Å². The summed E-state index contributed by atoms with van der Waals surface area (Å²) in [7, 11) is -3.30. The smallest absolute Gasteiger partial charge is 0.183 e. The number of hydrogen-bond acceptors (Lipinski definition) is 2. The number of benzene rings is 2. The largest absolute Gasteiger partial charge is 0.223 e. The zero-order valence-corrected chi connectivity index (χ0v) is 13.2. The van der Waals surface area contributed by atoms with Crippen molar-refractivity contribution in [2.45, 2.75) is 38.3 Å². The Labute approximate surface area is 121 Å². The monoisotopic (exact) mass is 288 g/mol. The third-order valence-electron chi connectivity index (χ3n) is 3.39. The molecule has 0 aromatic heterocycles. The van der Waals surface area contributed by atoms with Crippen molar-refractivity contribution in [3.05, 3.63) is 64.2 Å². The predicted octanol–water partition coefficient (Wildman–Crippen LogP) is 3.89. The van der Waals surface area contributed by atoms with Gasteiger partial charge in [-0.15, -0.1) is 0 Å². The second kappa shape index (κ2) is 5.41. The van der Waals surface area contributed by atoms with Crippen molar-refractivity contribution in [3.8, 4) is 0 Å². The lowest BCUT2D eigenvalue weighted by Gasteiger charge is -2.12. The zero-order valence-electron chi connectivity index (χ0n) is 12.4. The Kier molecular flexibility index (Phi) is 4.00. The first-order chi connectivity index (χ1) is 9.29. The van der Waals surface area contributed by atoms with Crippen LogP contribution < -0.4 is 0 Å². The fraction of sp³-hybridized carbons (Fsp3) is 0.294. The van der Waals surface area contributed by atoms with Crippen LogP contribution >= 0.6 is 0 Å². The Hall–Kier alpha value is -1.61. The molecule has 0 saturated carbocycles. The fourth-order valence-corrected chi connectivity index (χ4v) is 4.51. The highest BCUT2D eigenvalue weighted by Gasteiger charge is 2.20. The standard InChI is InChI=1S/C17H20O2S/c1-12-5-7-16(8-6-12)11-20(18,19)17-14(3)9-13(2)10-15(17)4/h5-10H,11H2,1-4H3. The van der Waals surface area contributed by atoms with Crippen molar-refractivity contribution in [1.82, 2.24) is 0 Å². The van der Waals surface area contributed by atoms with Crippen LogP contribution in [0, 0.1) is 27.7 Å². The molecule has 0 aliphatic carbocycles. The Bertz CT molecular complexity index is 703. The van der Waals surface area contributed by atoms with Crippen molar-refractivity contribution in [1.29, 1.82) is 0 Å². The molecule has 0 unspecified atom stereocenters. The lowest BCUT2D eigenvalue weighted by Crippen LogP contribution is -2.09.